The highest BCUT2D eigenvalue weighted by Gasteiger charge is 2.07. The number of esters is 1. The highest BCUT2D eigenvalue weighted by atomic mass is 16.5. The first-order chi connectivity index (χ1) is 8.56. The SMILES string of the molecule is CCc1cccc(C(C#N)=CC(=O)OC(C)C)c1. The average molecular weight is 243 g/mol. The maximum Gasteiger partial charge on any atom is 0.332 e. The maximum absolute atomic E-state index is 11.5. The largest absolute Gasteiger partial charge is 0.460 e. The van der Waals surface area contributed by atoms with E-state index < -0.39 is 5.97 Å². The van der Waals surface area contributed by atoms with Crippen molar-refractivity contribution in [2.75, 3.05) is 0 Å². The van der Waals surface area contributed by atoms with Gasteiger partial charge in [-0.25, -0.2) is 4.79 Å². The number of ether oxygens (including phenoxy) is 1. The van der Waals surface area contributed by atoms with E-state index in [0.29, 0.717) is 5.57 Å². The second-order valence-corrected chi connectivity index (χ2v) is 4.21. The second kappa shape index (κ2) is 6.61. The van der Waals surface area contributed by atoms with E-state index in [9.17, 15) is 4.79 Å². The van der Waals surface area contributed by atoms with Crippen LogP contribution in [0.2, 0.25) is 0 Å². The number of hydrogen-bond donors (Lipinski definition) is 0. The zero-order valence-corrected chi connectivity index (χ0v) is 10.9. The van der Waals surface area contributed by atoms with E-state index in [1.54, 1.807) is 13.8 Å². The van der Waals surface area contributed by atoms with Gasteiger partial charge in [0.15, 0.2) is 0 Å². The summed E-state index contributed by atoms with van der Waals surface area (Å²) in [7, 11) is 0. The van der Waals surface area contributed by atoms with Gasteiger partial charge in [-0.1, -0.05) is 31.2 Å². The van der Waals surface area contributed by atoms with Crippen molar-refractivity contribution < 1.29 is 9.53 Å². The Hall–Kier alpha value is -2.08. The fourth-order valence-corrected chi connectivity index (χ4v) is 1.52. The summed E-state index contributed by atoms with van der Waals surface area (Å²) in [5.74, 6) is -0.483. The molecular weight excluding hydrogens is 226 g/mol. The lowest BCUT2D eigenvalue weighted by molar-refractivity contribution is -0.141. The lowest BCUT2D eigenvalue weighted by atomic mass is 10.0. The summed E-state index contributed by atoms with van der Waals surface area (Å²) in [6.07, 6.45) is 1.95. The van der Waals surface area contributed by atoms with Crippen molar-refractivity contribution in [3.8, 4) is 6.07 Å². The molecule has 0 spiro atoms. The van der Waals surface area contributed by atoms with E-state index in [2.05, 4.69) is 0 Å². The first-order valence-electron chi connectivity index (χ1n) is 5.98. The van der Waals surface area contributed by atoms with E-state index >= 15 is 0 Å². The highest BCUT2D eigenvalue weighted by Crippen LogP contribution is 2.16. The molecule has 0 fully saturated rings. The molecule has 1 aromatic rings. The van der Waals surface area contributed by atoms with Gasteiger partial charge in [0.1, 0.15) is 6.07 Å². The molecule has 0 saturated heterocycles. The van der Waals surface area contributed by atoms with Gasteiger partial charge in [0.25, 0.3) is 0 Å². The lowest BCUT2D eigenvalue weighted by Crippen LogP contribution is -2.09. The van der Waals surface area contributed by atoms with E-state index in [1.165, 1.54) is 6.08 Å². The van der Waals surface area contributed by atoms with Crippen LogP contribution < -0.4 is 0 Å². The molecule has 0 radical (unpaired) electrons. The van der Waals surface area contributed by atoms with Crippen LogP contribution in [0.15, 0.2) is 30.3 Å². The van der Waals surface area contributed by atoms with Gasteiger partial charge >= 0.3 is 5.97 Å². The molecule has 0 unspecified atom stereocenters. The summed E-state index contributed by atoms with van der Waals surface area (Å²) >= 11 is 0. The van der Waals surface area contributed by atoms with Crippen molar-refractivity contribution >= 4 is 11.5 Å². The number of hydrogen-bond acceptors (Lipinski definition) is 3. The molecule has 0 aliphatic rings. The zero-order valence-electron chi connectivity index (χ0n) is 10.9. The number of carbonyl (C=O) groups is 1. The van der Waals surface area contributed by atoms with E-state index in [0.717, 1.165) is 17.5 Å². The normalized spacial score (nSPS) is 11.2. The van der Waals surface area contributed by atoms with E-state index in [1.807, 2.05) is 37.3 Å². The van der Waals surface area contributed by atoms with E-state index in [4.69, 9.17) is 10.00 Å². The van der Waals surface area contributed by atoms with Gasteiger partial charge in [0.05, 0.1) is 11.7 Å². The van der Waals surface area contributed by atoms with Crippen molar-refractivity contribution in [1.82, 2.24) is 0 Å². The van der Waals surface area contributed by atoms with Crippen LogP contribution in [0.4, 0.5) is 0 Å². The third-order valence-corrected chi connectivity index (χ3v) is 2.38. The van der Waals surface area contributed by atoms with Crippen molar-refractivity contribution in [2.45, 2.75) is 33.3 Å². The first-order valence-corrected chi connectivity index (χ1v) is 5.98. The third kappa shape index (κ3) is 4.06. The molecule has 0 bridgehead atoms. The number of benzene rings is 1. The van der Waals surface area contributed by atoms with Crippen molar-refractivity contribution in [3.63, 3.8) is 0 Å². The topological polar surface area (TPSA) is 50.1 Å². The summed E-state index contributed by atoms with van der Waals surface area (Å²) in [4.78, 5) is 11.5. The van der Waals surface area contributed by atoms with Gasteiger partial charge in [-0.15, -0.1) is 0 Å². The van der Waals surface area contributed by atoms with Crippen LogP contribution in [-0.2, 0) is 16.0 Å². The summed E-state index contributed by atoms with van der Waals surface area (Å²) in [6.45, 7) is 5.59. The van der Waals surface area contributed by atoms with Gasteiger partial charge < -0.3 is 4.74 Å². The standard InChI is InChI=1S/C15H17NO2/c1-4-12-6-5-7-13(8-12)14(10-16)9-15(17)18-11(2)3/h5-9,11H,4H2,1-3H3. The summed E-state index contributed by atoms with van der Waals surface area (Å²) in [6, 6.07) is 9.64. The lowest BCUT2D eigenvalue weighted by Gasteiger charge is -2.06. The van der Waals surface area contributed by atoms with Crippen LogP contribution >= 0.6 is 0 Å². The second-order valence-electron chi connectivity index (χ2n) is 4.21. The molecule has 0 atom stereocenters. The quantitative estimate of drug-likeness (QED) is 0.464. The van der Waals surface area contributed by atoms with Gasteiger partial charge in [-0.2, -0.15) is 5.26 Å². The van der Waals surface area contributed by atoms with Crippen LogP contribution in [-0.4, -0.2) is 12.1 Å². The minimum absolute atomic E-state index is 0.185. The maximum atomic E-state index is 11.5. The molecule has 0 aliphatic heterocycles. The Balaban J connectivity index is 2.99. The number of carbonyl (C=O) groups excluding carboxylic acids is 1. The van der Waals surface area contributed by atoms with Gasteiger partial charge in [-0.3, -0.25) is 0 Å². The average Bonchev–Trinajstić information content (AvgIpc) is 2.35. The summed E-state index contributed by atoms with van der Waals surface area (Å²) in [5, 5.41) is 9.10. The fraction of sp³-hybridized carbons (Fsp3) is 0.333. The number of rotatable bonds is 4. The molecule has 1 rings (SSSR count). The molecule has 0 aliphatic carbocycles. The highest BCUT2D eigenvalue weighted by molar-refractivity contribution is 5.95. The van der Waals surface area contributed by atoms with Gasteiger partial charge in [0.2, 0.25) is 0 Å². The van der Waals surface area contributed by atoms with Crippen LogP contribution in [0.25, 0.3) is 5.57 Å². The number of nitriles is 1. The molecule has 0 aromatic heterocycles. The summed E-state index contributed by atoms with van der Waals surface area (Å²) < 4.78 is 4.99. The Kier molecular flexibility index (Phi) is 5.13. The van der Waals surface area contributed by atoms with E-state index in [-0.39, 0.29) is 6.10 Å². The first kappa shape index (κ1) is 14.0. The monoisotopic (exact) mass is 243 g/mol. The Morgan fingerprint density at radius 1 is 1.50 bits per heavy atom. The number of aryl methyl sites for hydroxylation is 1. The fourth-order valence-electron chi connectivity index (χ4n) is 1.52. The number of nitrogens with zero attached hydrogens (tertiary/aromatic N) is 1. The van der Waals surface area contributed by atoms with Crippen molar-refractivity contribution in [2.24, 2.45) is 0 Å². The smallest absolute Gasteiger partial charge is 0.332 e. The minimum Gasteiger partial charge on any atom is -0.460 e. The molecule has 94 valence electrons. The van der Waals surface area contributed by atoms with Crippen LogP contribution in [0, 0.1) is 11.3 Å². The summed E-state index contributed by atoms with van der Waals surface area (Å²) in [5.41, 5.74) is 2.21. The van der Waals surface area contributed by atoms with Crippen molar-refractivity contribution in [3.05, 3.63) is 41.5 Å². The zero-order chi connectivity index (χ0) is 13.5. The molecule has 0 N–H and O–H groups in total. The Bertz CT molecular complexity index is 495. The molecular formula is C15H17NO2. The molecule has 0 amide bonds. The molecule has 0 heterocycles. The predicted octanol–water partition coefficient (Wildman–Crippen LogP) is 3.11. The van der Waals surface area contributed by atoms with Crippen LogP contribution in [0.5, 0.6) is 0 Å². The Labute approximate surface area is 108 Å². The third-order valence-electron chi connectivity index (χ3n) is 2.38. The molecule has 3 nitrogen and oxygen atoms in total. The van der Waals surface area contributed by atoms with Gasteiger partial charge in [-0.05, 0) is 31.4 Å². The van der Waals surface area contributed by atoms with Gasteiger partial charge in [0, 0.05) is 6.08 Å². The minimum atomic E-state index is -0.483. The molecule has 3 heteroatoms. The number of allylic oxidation sites excluding steroid dienone is 1. The van der Waals surface area contributed by atoms with Crippen LogP contribution in [0.3, 0.4) is 0 Å². The molecule has 18 heavy (non-hydrogen) atoms. The molecule has 1 aromatic carbocycles. The Morgan fingerprint density at radius 3 is 2.78 bits per heavy atom. The predicted molar refractivity (Wildman–Crippen MR) is 70.6 cm³/mol. The molecule has 0 saturated carbocycles. The Morgan fingerprint density at radius 2 is 2.22 bits per heavy atom. The van der Waals surface area contributed by atoms with Crippen LogP contribution in [0.1, 0.15) is 31.9 Å². The van der Waals surface area contributed by atoms with Crippen molar-refractivity contribution in [1.29, 1.82) is 5.26 Å².